The minimum atomic E-state index is -0.237. The first-order valence-electron chi connectivity index (χ1n) is 5.16. The molecule has 2 N–H and O–H groups in total. The molecule has 0 saturated heterocycles. The fourth-order valence-electron chi connectivity index (χ4n) is 1.82. The van der Waals surface area contributed by atoms with Crippen molar-refractivity contribution < 1.29 is 4.39 Å². The maximum Gasteiger partial charge on any atom is 0.123 e. The van der Waals surface area contributed by atoms with Crippen LogP contribution in [0.4, 0.5) is 4.39 Å². The molecule has 3 heteroatoms. The molecule has 0 aliphatic rings. The van der Waals surface area contributed by atoms with E-state index in [1.165, 1.54) is 22.6 Å². The van der Waals surface area contributed by atoms with Gasteiger partial charge in [-0.2, -0.15) is 0 Å². The summed E-state index contributed by atoms with van der Waals surface area (Å²) in [4.78, 5) is 2.35. The molecule has 1 nitrogen and oxygen atoms in total. The topological polar surface area (TPSA) is 26.0 Å². The summed E-state index contributed by atoms with van der Waals surface area (Å²) in [6, 6.07) is 8.37. The maximum atomic E-state index is 13.1. The van der Waals surface area contributed by atoms with Gasteiger partial charge in [-0.1, -0.05) is 12.1 Å². The molecular weight excluding hydrogens is 221 g/mol. The van der Waals surface area contributed by atoms with Crippen LogP contribution in [0, 0.1) is 19.7 Å². The quantitative estimate of drug-likeness (QED) is 0.846. The first kappa shape index (κ1) is 11.3. The van der Waals surface area contributed by atoms with Gasteiger partial charge in [-0.25, -0.2) is 4.39 Å². The molecule has 0 bridgehead atoms. The Morgan fingerprint density at radius 3 is 2.56 bits per heavy atom. The highest BCUT2D eigenvalue weighted by atomic mass is 32.1. The van der Waals surface area contributed by atoms with Gasteiger partial charge in [-0.3, -0.25) is 0 Å². The second kappa shape index (κ2) is 4.36. The van der Waals surface area contributed by atoms with Crippen molar-refractivity contribution in [1.29, 1.82) is 0 Å². The third kappa shape index (κ3) is 2.15. The first-order chi connectivity index (χ1) is 7.58. The molecule has 0 saturated carbocycles. The van der Waals surface area contributed by atoms with Crippen LogP contribution in [0.3, 0.4) is 0 Å². The van der Waals surface area contributed by atoms with Gasteiger partial charge in [0.15, 0.2) is 0 Å². The number of rotatable bonds is 2. The van der Waals surface area contributed by atoms with Crippen LogP contribution >= 0.6 is 11.3 Å². The Balaban J connectivity index is 2.38. The Hall–Kier alpha value is -1.19. The summed E-state index contributed by atoms with van der Waals surface area (Å²) in [5, 5.41) is 0. The van der Waals surface area contributed by atoms with Crippen molar-refractivity contribution in [3.63, 3.8) is 0 Å². The molecule has 0 amide bonds. The monoisotopic (exact) mass is 235 g/mol. The van der Waals surface area contributed by atoms with Crippen LogP contribution in [0.2, 0.25) is 0 Å². The molecule has 1 aromatic heterocycles. The number of halogens is 1. The molecule has 1 atom stereocenters. The fourth-order valence-corrected chi connectivity index (χ4v) is 2.89. The highest BCUT2D eigenvalue weighted by Gasteiger charge is 2.14. The lowest BCUT2D eigenvalue weighted by molar-refractivity contribution is 0.624. The number of thiophene rings is 1. The third-order valence-corrected chi connectivity index (χ3v) is 3.81. The molecule has 0 aliphatic carbocycles. The average Bonchev–Trinajstić information content (AvgIpc) is 2.57. The van der Waals surface area contributed by atoms with Crippen LogP contribution in [-0.4, -0.2) is 0 Å². The van der Waals surface area contributed by atoms with Crippen molar-refractivity contribution in [2.24, 2.45) is 5.73 Å². The highest BCUT2D eigenvalue weighted by molar-refractivity contribution is 7.12. The molecular formula is C13H14FNS. The number of hydrogen-bond donors (Lipinski definition) is 1. The number of benzene rings is 1. The van der Waals surface area contributed by atoms with Crippen molar-refractivity contribution in [1.82, 2.24) is 0 Å². The number of aryl methyl sites for hydroxylation is 2. The third-order valence-electron chi connectivity index (χ3n) is 2.57. The van der Waals surface area contributed by atoms with E-state index >= 15 is 0 Å². The molecule has 0 aliphatic heterocycles. The fraction of sp³-hybridized carbons (Fsp3) is 0.231. The van der Waals surface area contributed by atoms with E-state index in [-0.39, 0.29) is 11.9 Å². The molecule has 1 heterocycles. The summed E-state index contributed by atoms with van der Waals surface area (Å²) in [7, 11) is 0. The van der Waals surface area contributed by atoms with E-state index in [0.29, 0.717) is 0 Å². The van der Waals surface area contributed by atoms with Crippen molar-refractivity contribution in [3.05, 3.63) is 57.0 Å². The van der Waals surface area contributed by atoms with E-state index in [0.717, 1.165) is 10.4 Å². The van der Waals surface area contributed by atoms with Gasteiger partial charge in [0.05, 0.1) is 6.04 Å². The van der Waals surface area contributed by atoms with E-state index in [1.54, 1.807) is 17.4 Å². The summed E-state index contributed by atoms with van der Waals surface area (Å²) in [6.07, 6.45) is 0. The molecule has 2 rings (SSSR count). The van der Waals surface area contributed by atoms with E-state index in [2.05, 4.69) is 13.0 Å². The summed E-state index contributed by atoms with van der Waals surface area (Å²) >= 11 is 1.68. The smallest absolute Gasteiger partial charge is 0.123 e. The normalized spacial score (nSPS) is 12.8. The van der Waals surface area contributed by atoms with Crippen LogP contribution in [0.15, 0.2) is 30.3 Å². The highest BCUT2D eigenvalue weighted by Crippen LogP contribution is 2.30. The minimum Gasteiger partial charge on any atom is -0.320 e. The lowest BCUT2D eigenvalue weighted by Gasteiger charge is -2.11. The largest absolute Gasteiger partial charge is 0.320 e. The Bertz CT molecular complexity index is 504. The zero-order valence-electron chi connectivity index (χ0n) is 9.33. The lowest BCUT2D eigenvalue weighted by atomic mass is 10.0. The second-order valence-corrected chi connectivity index (χ2v) is 5.22. The van der Waals surface area contributed by atoms with Gasteiger partial charge < -0.3 is 5.73 Å². The van der Waals surface area contributed by atoms with Gasteiger partial charge in [0.25, 0.3) is 0 Å². The van der Waals surface area contributed by atoms with Crippen LogP contribution in [0.5, 0.6) is 0 Å². The molecule has 1 aromatic carbocycles. The zero-order valence-corrected chi connectivity index (χ0v) is 10.1. The van der Waals surface area contributed by atoms with E-state index in [1.807, 2.05) is 13.0 Å². The molecule has 84 valence electrons. The number of nitrogens with two attached hydrogens (primary N) is 1. The van der Waals surface area contributed by atoms with Crippen LogP contribution in [0.25, 0.3) is 0 Å². The molecule has 2 aromatic rings. The van der Waals surface area contributed by atoms with Crippen molar-refractivity contribution >= 4 is 11.3 Å². The Kier molecular flexibility index (Phi) is 3.08. The first-order valence-corrected chi connectivity index (χ1v) is 5.97. The average molecular weight is 235 g/mol. The molecule has 0 radical (unpaired) electrons. The number of hydrogen-bond acceptors (Lipinski definition) is 2. The van der Waals surface area contributed by atoms with E-state index < -0.39 is 0 Å². The summed E-state index contributed by atoms with van der Waals surface area (Å²) in [5.41, 5.74) is 8.15. The van der Waals surface area contributed by atoms with Crippen LogP contribution in [0.1, 0.15) is 26.9 Å². The minimum absolute atomic E-state index is 0.227. The Labute approximate surface area is 98.7 Å². The standard InChI is InChI=1S/C13H14FNS/c1-8-6-9(2)16-13(8)12(15)10-4-3-5-11(14)7-10/h3-7,12H,15H2,1-2H3. The second-order valence-electron chi connectivity index (χ2n) is 3.94. The molecule has 16 heavy (non-hydrogen) atoms. The summed E-state index contributed by atoms with van der Waals surface area (Å²) in [6.45, 7) is 4.09. The van der Waals surface area contributed by atoms with Gasteiger partial charge in [0, 0.05) is 9.75 Å². The van der Waals surface area contributed by atoms with Crippen molar-refractivity contribution in [3.8, 4) is 0 Å². The van der Waals surface area contributed by atoms with Gasteiger partial charge in [-0.15, -0.1) is 11.3 Å². The summed E-state index contributed by atoms with van der Waals surface area (Å²) < 4.78 is 13.1. The van der Waals surface area contributed by atoms with E-state index in [9.17, 15) is 4.39 Å². The Morgan fingerprint density at radius 2 is 2.00 bits per heavy atom. The van der Waals surface area contributed by atoms with Gasteiger partial charge in [0.1, 0.15) is 5.82 Å². The van der Waals surface area contributed by atoms with Gasteiger partial charge in [-0.05, 0) is 43.2 Å². The van der Waals surface area contributed by atoms with Gasteiger partial charge >= 0.3 is 0 Å². The molecule has 1 unspecified atom stereocenters. The molecule has 0 spiro atoms. The van der Waals surface area contributed by atoms with Gasteiger partial charge in [0.2, 0.25) is 0 Å². The van der Waals surface area contributed by atoms with Crippen LogP contribution in [-0.2, 0) is 0 Å². The predicted molar refractivity (Wildman–Crippen MR) is 66.2 cm³/mol. The SMILES string of the molecule is Cc1cc(C)c(C(N)c2cccc(F)c2)s1. The van der Waals surface area contributed by atoms with E-state index in [4.69, 9.17) is 5.73 Å². The van der Waals surface area contributed by atoms with Crippen molar-refractivity contribution in [2.45, 2.75) is 19.9 Å². The maximum absolute atomic E-state index is 13.1. The van der Waals surface area contributed by atoms with Crippen LogP contribution < -0.4 is 5.73 Å². The lowest BCUT2D eigenvalue weighted by Crippen LogP contribution is -2.11. The summed E-state index contributed by atoms with van der Waals surface area (Å²) in [5.74, 6) is -0.237. The Morgan fingerprint density at radius 1 is 1.25 bits per heavy atom. The van der Waals surface area contributed by atoms with Crippen molar-refractivity contribution in [2.75, 3.05) is 0 Å². The zero-order chi connectivity index (χ0) is 11.7. The predicted octanol–water partition coefficient (Wildman–Crippen LogP) is 3.55. The molecule has 0 fully saturated rings.